The van der Waals surface area contributed by atoms with Crippen molar-refractivity contribution in [2.75, 3.05) is 0 Å². The summed E-state index contributed by atoms with van der Waals surface area (Å²) in [6.07, 6.45) is 1.48. The third-order valence-corrected chi connectivity index (χ3v) is 3.03. The molecule has 1 fully saturated rings. The van der Waals surface area contributed by atoms with Crippen LogP contribution in [-0.4, -0.2) is 17.3 Å². The number of rotatable bonds is 3. The molecular formula is C14H14O3. The van der Waals surface area contributed by atoms with Crippen LogP contribution in [0.5, 0.6) is 0 Å². The molecular weight excluding hydrogens is 216 g/mol. The van der Waals surface area contributed by atoms with Gasteiger partial charge in [-0.2, -0.15) is 0 Å². The lowest BCUT2D eigenvalue weighted by molar-refractivity contribution is -0.141. The summed E-state index contributed by atoms with van der Waals surface area (Å²) < 4.78 is 0. The number of ketones is 3. The van der Waals surface area contributed by atoms with Crippen molar-refractivity contribution in [3.05, 3.63) is 35.9 Å². The van der Waals surface area contributed by atoms with Crippen molar-refractivity contribution in [2.24, 2.45) is 5.92 Å². The molecule has 1 aromatic rings. The molecule has 1 aromatic carbocycles. The first-order chi connectivity index (χ1) is 8.18. The molecule has 0 aromatic heterocycles. The lowest BCUT2D eigenvalue weighted by Gasteiger charge is -2.18. The second-order valence-electron chi connectivity index (χ2n) is 4.35. The van der Waals surface area contributed by atoms with Gasteiger partial charge in [-0.15, -0.1) is 0 Å². The number of Topliss-reactive ketones (excluding diaryl/α,β-unsaturated/α-hetero) is 3. The minimum atomic E-state index is -0.996. The van der Waals surface area contributed by atoms with Crippen molar-refractivity contribution in [1.29, 1.82) is 0 Å². The fourth-order valence-corrected chi connectivity index (χ4v) is 2.16. The number of carbonyl (C=O) groups is 3. The molecule has 0 aliphatic heterocycles. The van der Waals surface area contributed by atoms with E-state index in [-0.39, 0.29) is 23.8 Å². The fourth-order valence-electron chi connectivity index (χ4n) is 2.16. The van der Waals surface area contributed by atoms with Crippen LogP contribution in [-0.2, 0) is 20.8 Å². The van der Waals surface area contributed by atoms with Gasteiger partial charge in [-0.3, -0.25) is 14.4 Å². The molecule has 0 amide bonds. The SMILES string of the molecule is O=C1CCCC(=O)C1C(=O)Cc1ccccc1. The maximum Gasteiger partial charge on any atom is 0.155 e. The third-order valence-electron chi connectivity index (χ3n) is 3.03. The molecule has 0 spiro atoms. The molecule has 88 valence electrons. The van der Waals surface area contributed by atoms with E-state index in [0.717, 1.165) is 5.56 Å². The van der Waals surface area contributed by atoms with E-state index in [2.05, 4.69) is 0 Å². The Labute approximate surface area is 99.8 Å². The van der Waals surface area contributed by atoms with Crippen molar-refractivity contribution in [1.82, 2.24) is 0 Å². The highest BCUT2D eigenvalue weighted by atomic mass is 16.2. The summed E-state index contributed by atoms with van der Waals surface area (Å²) in [4.78, 5) is 35.1. The number of hydrogen-bond donors (Lipinski definition) is 0. The molecule has 0 radical (unpaired) electrons. The number of carbonyl (C=O) groups excluding carboxylic acids is 3. The Morgan fingerprint density at radius 1 is 1.06 bits per heavy atom. The van der Waals surface area contributed by atoms with Gasteiger partial charge in [0.1, 0.15) is 5.92 Å². The summed E-state index contributed by atoms with van der Waals surface area (Å²) in [6, 6.07) is 9.20. The Morgan fingerprint density at radius 2 is 1.65 bits per heavy atom. The van der Waals surface area contributed by atoms with Gasteiger partial charge in [0.25, 0.3) is 0 Å². The predicted molar refractivity (Wildman–Crippen MR) is 62.5 cm³/mol. The van der Waals surface area contributed by atoms with Gasteiger partial charge in [0.2, 0.25) is 0 Å². The van der Waals surface area contributed by atoms with Crippen LogP contribution in [0.15, 0.2) is 30.3 Å². The molecule has 2 rings (SSSR count). The highest BCUT2D eigenvalue weighted by Crippen LogP contribution is 2.19. The zero-order valence-corrected chi connectivity index (χ0v) is 9.52. The van der Waals surface area contributed by atoms with Crippen molar-refractivity contribution < 1.29 is 14.4 Å². The van der Waals surface area contributed by atoms with E-state index in [1.807, 2.05) is 30.3 Å². The van der Waals surface area contributed by atoms with Gasteiger partial charge in [-0.05, 0) is 12.0 Å². The Bertz CT molecular complexity index is 432. The Balaban J connectivity index is 2.09. The van der Waals surface area contributed by atoms with Crippen LogP contribution in [0, 0.1) is 5.92 Å². The van der Waals surface area contributed by atoms with E-state index in [1.54, 1.807) is 0 Å². The highest BCUT2D eigenvalue weighted by molar-refractivity contribution is 6.20. The van der Waals surface area contributed by atoms with Crippen molar-refractivity contribution in [2.45, 2.75) is 25.7 Å². The summed E-state index contributed by atoms with van der Waals surface area (Å²) in [5, 5.41) is 0. The molecule has 3 heteroatoms. The Morgan fingerprint density at radius 3 is 2.24 bits per heavy atom. The quantitative estimate of drug-likeness (QED) is 0.743. The van der Waals surface area contributed by atoms with Gasteiger partial charge in [0.05, 0.1) is 0 Å². The first-order valence-corrected chi connectivity index (χ1v) is 5.80. The molecule has 0 saturated heterocycles. The third kappa shape index (κ3) is 2.67. The molecule has 17 heavy (non-hydrogen) atoms. The lowest BCUT2D eigenvalue weighted by atomic mass is 9.82. The molecule has 0 atom stereocenters. The second-order valence-corrected chi connectivity index (χ2v) is 4.35. The molecule has 1 aliphatic rings. The zero-order chi connectivity index (χ0) is 12.3. The van der Waals surface area contributed by atoms with Crippen LogP contribution in [0.4, 0.5) is 0 Å². The summed E-state index contributed by atoms with van der Waals surface area (Å²) >= 11 is 0. The normalized spacial score (nSPS) is 17.2. The summed E-state index contributed by atoms with van der Waals surface area (Å²) in [5.74, 6) is -1.67. The van der Waals surface area contributed by atoms with E-state index < -0.39 is 5.92 Å². The van der Waals surface area contributed by atoms with E-state index in [0.29, 0.717) is 19.3 Å². The second kappa shape index (κ2) is 5.04. The van der Waals surface area contributed by atoms with E-state index in [9.17, 15) is 14.4 Å². The van der Waals surface area contributed by atoms with Gasteiger partial charge >= 0.3 is 0 Å². The molecule has 3 nitrogen and oxygen atoms in total. The zero-order valence-electron chi connectivity index (χ0n) is 9.52. The minimum absolute atomic E-state index is 0.170. The summed E-state index contributed by atoms with van der Waals surface area (Å²) in [5.41, 5.74) is 0.851. The largest absolute Gasteiger partial charge is 0.298 e. The first kappa shape index (κ1) is 11.7. The average Bonchev–Trinajstić information content (AvgIpc) is 2.30. The fraction of sp³-hybridized carbons (Fsp3) is 0.357. The lowest BCUT2D eigenvalue weighted by Crippen LogP contribution is -2.36. The minimum Gasteiger partial charge on any atom is -0.298 e. The van der Waals surface area contributed by atoms with E-state index in [4.69, 9.17) is 0 Å². The van der Waals surface area contributed by atoms with Crippen molar-refractivity contribution >= 4 is 17.3 Å². The standard InChI is InChI=1S/C14H14O3/c15-11-7-4-8-12(16)14(11)13(17)9-10-5-2-1-3-6-10/h1-3,5-6,14H,4,7-9H2. The van der Waals surface area contributed by atoms with Gasteiger partial charge in [0.15, 0.2) is 17.3 Å². The van der Waals surface area contributed by atoms with Crippen LogP contribution in [0.2, 0.25) is 0 Å². The van der Waals surface area contributed by atoms with Crippen molar-refractivity contribution in [3.8, 4) is 0 Å². The van der Waals surface area contributed by atoms with Crippen LogP contribution in [0.3, 0.4) is 0 Å². The number of hydrogen-bond acceptors (Lipinski definition) is 3. The number of benzene rings is 1. The molecule has 0 unspecified atom stereocenters. The van der Waals surface area contributed by atoms with E-state index >= 15 is 0 Å². The maximum atomic E-state index is 11.9. The monoisotopic (exact) mass is 230 g/mol. The maximum absolute atomic E-state index is 11.9. The predicted octanol–water partition coefficient (Wildman–Crippen LogP) is 1.74. The average molecular weight is 230 g/mol. The Kier molecular flexibility index (Phi) is 3.47. The van der Waals surface area contributed by atoms with Crippen LogP contribution >= 0.6 is 0 Å². The summed E-state index contributed by atoms with van der Waals surface area (Å²) in [7, 11) is 0. The topological polar surface area (TPSA) is 51.2 Å². The highest BCUT2D eigenvalue weighted by Gasteiger charge is 2.35. The van der Waals surface area contributed by atoms with Crippen molar-refractivity contribution in [3.63, 3.8) is 0 Å². The smallest absolute Gasteiger partial charge is 0.155 e. The van der Waals surface area contributed by atoms with Gasteiger partial charge in [-0.25, -0.2) is 0 Å². The van der Waals surface area contributed by atoms with Crippen LogP contribution in [0.25, 0.3) is 0 Å². The van der Waals surface area contributed by atoms with Gasteiger partial charge in [-0.1, -0.05) is 30.3 Å². The van der Waals surface area contributed by atoms with Gasteiger partial charge in [0, 0.05) is 19.3 Å². The molecule has 0 bridgehead atoms. The van der Waals surface area contributed by atoms with Gasteiger partial charge < -0.3 is 0 Å². The molecule has 0 N–H and O–H groups in total. The molecule has 1 saturated carbocycles. The van der Waals surface area contributed by atoms with Crippen LogP contribution < -0.4 is 0 Å². The first-order valence-electron chi connectivity index (χ1n) is 5.80. The molecule has 1 aliphatic carbocycles. The summed E-state index contributed by atoms with van der Waals surface area (Å²) in [6.45, 7) is 0. The Hall–Kier alpha value is -1.77. The van der Waals surface area contributed by atoms with Crippen LogP contribution in [0.1, 0.15) is 24.8 Å². The molecule has 0 heterocycles. The van der Waals surface area contributed by atoms with E-state index in [1.165, 1.54) is 0 Å².